The van der Waals surface area contributed by atoms with Crippen molar-refractivity contribution in [2.45, 2.75) is 0 Å². The van der Waals surface area contributed by atoms with Crippen molar-refractivity contribution in [3.63, 3.8) is 0 Å². The molecule has 1 rings (SSSR count). The van der Waals surface area contributed by atoms with E-state index in [4.69, 9.17) is 5.73 Å². The Balaban J connectivity index is 2.74. The third-order valence-electron chi connectivity index (χ3n) is 0.835. The third kappa shape index (κ3) is 1.16. The number of nitrogens with one attached hydrogen (secondary N) is 1. The zero-order valence-corrected chi connectivity index (χ0v) is 5.00. The van der Waals surface area contributed by atoms with Crippen molar-refractivity contribution in [2.75, 3.05) is 5.73 Å². The number of nitrogens with two attached hydrogens (primary N) is 2. The van der Waals surface area contributed by atoms with Gasteiger partial charge >= 0.3 is 6.09 Å². The highest BCUT2D eigenvalue weighted by Gasteiger charge is 2.04. The van der Waals surface area contributed by atoms with Gasteiger partial charge in [0.15, 0.2) is 5.82 Å². The van der Waals surface area contributed by atoms with E-state index in [0.717, 1.165) is 0 Å². The van der Waals surface area contributed by atoms with Crippen LogP contribution in [-0.4, -0.2) is 16.1 Å². The van der Waals surface area contributed by atoms with E-state index in [9.17, 15) is 4.79 Å². The van der Waals surface area contributed by atoms with E-state index < -0.39 is 6.09 Å². The fraction of sp³-hybridized carbons (Fsp3) is 0. The van der Waals surface area contributed by atoms with Gasteiger partial charge in [-0.25, -0.2) is 9.78 Å². The maximum Gasteiger partial charge on any atom is 0.411 e. The van der Waals surface area contributed by atoms with Gasteiger partial charge < -0.3 is 21.2 Å². The molecule has 6 nitrogen and oxygen atoms in total. The van der Waals surface area contributed by atoms with Crippen LogP contribution in [0, 0.1) is 0 Å². The number of rotatable bonds is 1. The first-order valence-electron chi connectivity index (χ1n) is 2.46. The van der Waals surface area contributed by atoms with Gasteiger partial charge in [0.05, 0.1) is 6.33 Å². The van der Waals surface area contributed by atoms with Gasteiger partial charge in [0.2, 0.25) is 5.88 Å². The second-order valence-corrected chi connectivity index (χ2v) is 1.54. The van der Waals surface area contributed by atoms with Gasteiger partial charge in [0, 0.05) is 0 Å². The molecule has 0 aliphatic heterocycles. The van der Waals surface area contributed by atoms with Crippen molar-refractivity contribution in [3.05, 3.63) is 6.33 Å². The summed E-state index contributed by atoms with van der Waals surface area (Å²) in [5.74, 6) is 0.186. The number of imidazole rings is 1. The number of nitrogens with zero attached hydrogens (tertiary/aromatic N) is 1. The van der Waals surface area contributed by atoms with Crippen LogP contribution in [0.2, 0.25) is 0 Å². The molecule has 1 aromatic rings. The molecular formula is C4H6N4O2. The van der Waals surface area contributed by atoms with E-state index in [-0.39, 0.29) is 11.7 Å². The molecule has 10 heavy (non-hydrogen) atoms. The zero-order chi connectivity index (χ0) is 7.56. The van der Waals surface area contributed by atoms with Crippen LogP contribution >= 0.6 is 0 Å². The van der Waals surface area contributed by atoms with E-state index in [1.54, 1.807) is 0 Å². The van der Waals surface area contributed by atoms with E-state index in [2.05, 4.69) is 20.4 Å². The van der Waals surface area contributed by atoms with Gasteiger partial charge in [-0.3, -0.25) is 0 Å². The van der Waals surface area contributed by atoms with Gasteiger partial charge in [-0.1, -0.05) is 0 Å². The van der Waals surface area contributed by atoms with E-state index in [1.807, 2.05) is 0 Å². The number of nitrogen functional groups attached to an aromatic ring is 1. The third-order valence-corrected chi connectivity index (χ3v) is 0.835. The van der Waals surface area contributed by atoms with Crippen LogP contribution in [-0.2, 0) is 0 Å². The number of hydrogen-bond donors (Lipinski definition) is 3. The Bertz CT molecular complexity index is 243. The summed E-state index contributed by atoms with van der Waals surface area (Å²) in [7, 11) is 0. The minimum atomic E-state index is -0.920. The van der Waals surface area contributed by atoms with Gasteiger partial charge in [0.25, 0.3) is 0 Å². The van der Waals surface area contributed by atoms with Crippen molar-refractivity contribution in [2.24, 2.45) is 5.73 Å². The van der Waals surface area contributed by atoms with Crippen molar-refractivity contribution < 1.29 is 9.53 Å². The molecule has 54 valence electrons. The molecule has 5 N–H and O–H groups in total. The first-order chi connectivity index (χ1) is 4.70. The molecule has 0 unspecified atom stereocenters. The molecule has 0 atom stereocenters. The summed E-state index contributed by atoms with van der Waals surface area (Å²) in [5, 5.41) is 0. The summed E-state index contributed by atoms with van der Waals surface area (Å²) in [6.07, 6.45) is 0.379. The number of ether oxygens (including phenoxy) is 1. The molecule has 1 aromatic heterocycles. The Morgan fingerprint density at radius 1 is 1.80 bits per heavy atom. The lowest BCUT2D eigenvalue weighted by atomic mass is 10.7. The largest absolute Gasteiger partial charge is 0.411 e. The van der Waals surface area contributed by atoms with Crippen LogP contribution in [0.1, 0.15) is 0 Å². The fourth-order valence-electron chi connectivity index (χ4n) is 0.475. The van der Waals surface area contributed by atoms with Crippen LogP contribution in [0.4, 0.5) is 10.6 Å². The average Bonchev–Trinajstić information content (AvgIpc) is 2.15. The standard InChI is InChI=1S/C4H6N4O2/c5-2-3(8-1-7-2)10-4(6)9/h1H,5H2,(H2,6,9)(H,7,8). The maximum atomic E-state index is 10.1. The number of aromatic amines is 1. The summed E-state index contributed by atoms with van der Waals surface area (Å²) in [6.45, 7) is 0. The highest BCUT2D eigenvalue weighted by molar-refractivity contribution is 5.69. The Morgan fingerprint density at radius 2 is 2.50 bits per heavy atom. The van der Waals surface area contributed by atoms with Gasteiger partial charge in [-0.05, 0) is 0 Å². The molecule has 0 spiro atoms. The number of carbonyl (C=O) groups excluding carboxylic acids is 1. The summed E-state index contributed by atoms with van der Waals surface area (Å²) in [5.41, 5.74) is 9.90. The smallest absolute Gasteiger partial charge is 0.389 e. The van der Waals surface area contributed by atoms with Gasteiger partial charge in [-0.15, -0.1) is 0 Å². The summed E-state index contributed by atoms with van der Waals surface area (Å²) in [4.78, 5) is 16.2. The maximum absolute atomic E-state index is 10.1. The molecule has 0 radical (unpaired) electrons. The van der Waals surface area contributed by atoms with E-state index in [1.165, 1.54) is 6.33 Å². The lowest BCUT2D eigenvalue weighted by Gasteiger charge is -1.94. The Kier molecular flexibility index (Phi) is 1.44. The second-order valence-electron chi connectivity index (χ2n) is 1.54. The fourth-order valence-corrected chi connectivity index (χ4v) is 0.475. The molecule has 1 amide bonds. The summed E-state index contributed by atoms with van der Waals surface area (Å²) >= 11 is 0. The normalized spacial score (nSPS) is 9.20. The molecule has 0 fully saturated rings. The first kappa shape index (κ1) is 6.40. The van der Waals surface area contributed by atoms with Crippen molar-refractivity contribution in [1.82, 2.24) is 9.97 Å². The number of anilines is 1. The minimum absolute atomic E-state index is 0.0764. The second kappa shape index (κ2) is 2.26. The van der Waals surface area contributed by atoms with Crippen LogP contribution in [0.3, 0.4) is 0 Å². The van der Waals surface area contributed by atoms with Crippen molar-refractivity contribution >= 4 is 11.9 Å². The Labute approximate surface area is 56.2 Å². The Hall–Kier alpha value is -1.72. The molecule has 0 saturated heterocycles. The van der Waals surface area contributed by atoms with Crippen molar-refractivity contribution in [3.8, 4) is 5.88 Å². The monoisotopic (exact) mass is 142 g/mol. The van der Waals surface area contributed by atoms with E-state index in [0.29, 0.717) is 0 Å². The Morgan fingerprint density at radius 3 is 2.90 bits per heavy atom. The number of H-pyrrole nitrogens is 1. The molecule has 0 bridgehead atoms. The van der Waals surface area contributed by atoms with E-state index >= 15 is 0 Å². The summed E-state index contributed by atoms with van der Waals surface area (Å²) < 4.78 is 4.38. The number of carbonyl (C=O) groups is 1. The lowest BCUT2D eigenvalue weighted by Crippen LogP contribution is -2.17. The zero-order valence-electron chi connectivity index (χ0n) is 5.00. The first-order valence-corrected chi connectivity index (χ1v) is 2.46. The topological polar surface area (TPSA) is 107 Å². The van der Waals surface area contributed by atoms with Gasteiger partial charge in [0.1, 0.15) is 0 Å². The van der Waals surface area contributed by atoms with Crippen molar-refractivity contribution in [1.29, 1.82) is 0 Å². The minimum Gasteiger partial charge on any atom is -0.389 e. The van der Waals surface area contributed by atoms with Crippen LogP contribution < -0.4 is 16.2 Å². The molecule has 0 saturated carbocycles. The molecule has 0 aliphatic carbocycles. The predicted octanol–water partition coefficient (Wildman–Crippen LogP) is -0.551. The number of aromatic nitrogens is 2. The highest BCUT2D eigenvalue weighted by atomic mass is 16.6. The molecule has 1 heterocycles. The van der Waals surface area contributed by atoms with Gasteiger partial charge in [-0.2, -0.15) is 0 Å². The number of primary amides is 1. The number of amides is 1. The van der Waals surface area contributed by atoms with Crippen LogP contribution in [0.5, 0.6) is 5.88 Å². The SMILES string of the molecule is NC(=O)Oc1[nH]cnc1N. The summed E-state index contributed by atoms with van der Waals surface area (Å²) in [6, 6.07) is 0. The molecule has 0 aliphatic rings. The molecule has 6 heteroatoms. The lowest BCUT2D eigenvalue weighted by molar-refractivity contribution is 0.209. The molecule has 0 aromatic carbocycles. The molecular weight excluding hydrogens is 136 g/mol. The highest BCUT2D eigenvalue weighted by Crippen LogP contribution is 2.12. The van der Waals surface area contributed by atoms with Crippen LogP contribution in [0.15, 0.2) is 6.33 Å². The van der Waals surface area contributed by atoms with Crippen LogP contribution in [0.25, 0.3) is 0 Å². The number of hydrogen-bond acceptors (Lipinski definition) is 4. The average molecular weight is 142 g/mol. The predicted molar refractivity (Wildman–Crippen MR) is 33.2 cm³/mol. The quantitative estimate of drug-likeness (QED) is 0.488.